The van der Waals surface area contributed by atoms with Crippen molar-refractivity contribution >= 4 is 31.9 Å². The molecule has 20 heavy (non-hydrogen) atoms. The Kier molecular flexibility index (Phi) is 4.51. The minimum absolute atomic E-state index is 0.0130. The van der Waals surface area contributed by atoms with Crippen LogP contribution in [0.3, 0.4) is 0 Å². The van der Waals surface area contributed by atoms with Gasteiger partial charge in [0, 0.05) is 29.9 Å². The van der Waals surface area contributed by atoms with Gasteiger partial charge in [-0.2, -0.15) is 0 Å². The highest BCUT2D eigenvalue weighted by Crippen LogP contribution is 2.23. The van der Waals surface area contributed by atoms with E-state index in [0.29, 0.717) is 13.1 Å². The van der Waals surface area contributed by atoms with E-state index in [4.69, 9.17) is 5.14 Å². The number of rotatable bonds is 4. The molecule has 1 amide bonds. The van der Waals surface area contributed by atoms with Crippen LogP contribution in [0, 0.1) is 12.8 Å². The van der Waals surface area contributed by atoms with Gasteiger partial charge >= 0.3 is 0 Å². The molecule has 0 aliphatic carbocycles. The highest BCUT2D eigenvalue weighted by molar-refractivity contribution is 9.10. The summed E-state index contributed by atoms with van der Waals surface area (Å²) in [7, 11) is -3.53. The van der Waals surface area contributed by atoms with Gasteiger partial charge in [0.2, 0.25) is 15.9 Å². The van der Waals surface area contributed by atoms with Crippen LogP contribution in [-0.4, -0.2) is 31.5 Å². The minimum atomic E-state index is -3.53. The summed E-state index contributed by atoms with van der Waals surface area (Å²) >= 11 is 3.40. The van der Waals surface area contributed by atoms with Crippen LogP contribution < -0.4 is 5.14 Å². The molecule has 0 radical (unpaired) electrons. The lowest BCUT2D eigenvalue weighted by atomic mass is 10.1. The third-order valence-electron chi connectivity index (χ3n) is 3.43. The second-order valence-corrected chi connectivity index (χ2v) is 7.82. The Bertz CT molecular complexity index is 631. The molecule has 0 bridgehead atoms. The van der Waals surface area contributed by atoms with Crippen LogP contribution >= 0.6 is 15.9 Å². The molecule has 1 unspecified atom stereocenters. The average molecular weight is 361 g/mol. The fourth-order valence-electron chi connectivity index (χ4n) is 2.49. The van der Waals surface area contributed by atoms with Gasteiger partial charge in [-0.3, -0.25) is 4.79 Å². The number of primary sulfonamides is 1. The lowest BCUT2D eigenvalue weighted by Crippen LogP contribution is -2.27. The van der Waals surface area contributed by atoms with E-state index in [1.165, 1.54) is 0 Å². The number of amides is 1. The molecular formula is C13H17BrN2O3S. The van der Waals surface area contributed by atoms with Crippen LogP contribution in [-0.2, 0) is 21.4 Å². The van der Waals surface area contributed by atoms with Gasteiger partial charge in [0.15, 0.2) is 0 Å². The molecule has 2 N–H and O–H groups in total. The first-order valence-electron chi connectivity index (χ1n) is 6.28. The monoisotopic (exact) mass is 360 g/mol. The van der Waals surface area contributed by atoms with Gasteiger partial charge in [-0.05, 0) is 30.2 Å². The molecule has 0 aromatic heterocycles. The van der Waals surface area contributed by atoms with E-state index in [1.54, 1.807) is 4.90 Å². The maximum Gasteiger partial charge on any atom is 0.223 e. The van der Waals surface area contributed by atoms with E-state index in [9.17, 15) is 13.2 Å². The second-order valence-electron chi connectivity index (χ2n) is 5.24. The number of hydrogen-bond acceptors (Lipinski definition) is 3. The molecule has 7 heteroatoms. The molecule has 1 atom stereocenters. The Balaban J connectivity index is 2.05. The fraction of sp³-hybridized carbons (Fsp3) is 0.462. The molecule has 1 aromatic rings. The van der Waals surface area contributed by atoms with E-state index in [0.717, 1.165) is 15.6 Å². The molecule has 1 aromatic carbocycles. The van der Waals surface area contributed by atoms with Crippen molar-refractivity contribution < 1.29 is 13.2 Å². The van der Waals surface area contributed by atoms with Gasteiger partial charge in [-0.1, -0.05) is 22.0 Å². The van der Waals surface area contributed by atoms with Gasteiger partial charge in [-0.25, -0.2) is 13.6 Å². The van der Waals surface area contributed by atoms with Crippen LogP contribution in [0.2, 0.25) is 0 Å². The number of hydrogen-bond donors (Lipinski definition) is 1. The summed E-state index contributed by atoms with van der Waals surface area (Å²) in [5, 5.41) is 5.04. The third kappa shape index (κ3) is 4.04. The topological polar surface area (TPSA) is 80.5 Å². The molecule has 1 heterocycles. The second kappa shape index (κ2) is 5.83. The molecule has 2 rings (SSSR count). The number of aryl methyl sites for hydroxylation is 1. The lowest BCUT2D eigenvalue weighted by molar-refractivity contribution is -0.128. The average Bonchev–Trinajstić information content (AvgIpc) is 2.60. The van der Waals surface area contributed by atoms with Crippen LogP contribution in [0.4, 0.5) is 0 Å². The number of sulfonamides is 1. The van der Waals surface area contributed by atoms with E-state index in [2.05, 4.69) is 15.9 Å². The van der Waals surface area contributed by atoms with Crippen molar-refractivity contribution in [1.82, 2.24) is 4.90 Å². The van der Waals surface area contributed by atoms with Crippen molar-refractivity contribution in [3.8, 4) is 0 Å². The van der Waals surface area contributed by atoms with Crippen molar-refractivity contribution in [3.05, 3.63) is 33.8 Å². The summed E-state index contributed by atoms with van der Waals surface area (Å²) in [4.78, 5) is 13.6. The summed E-state index contributed by atoms with van der Waals surface area (Å²) in [6.45, 7) is 2.95. The van der Waals surface area contributed by atoms with Gasteiger partial charge in [0.1, 0.15) is 0 Å². The van der Waals surface area contributed by atoms with Gasteiger partial charge in [0.25, 0.3) is 0 Å². The van der Waals surface area contributed by atoms with Crippen LogP contribution in [0.5, 0.6) is 0 Å². The molecule has 1 aliphatic rings. The summed E-state index contributed by atoms with van der Waals surface area (Å²) in [6, 6.07) is 5.90. The van der Waals surface area contributed by atoms with Crippen LogP contribution in [0.1, 0.15) is 17.5 Å². The Morgan fingerprint density at radius 2 is 2.15 bits per heavy atom. The standard InChI is InChI=1S/C13H17BrN2O3S/c1-9-4-12(14)3-2-11(9)7-16-6-10(5-13(16)17)8-20(15,18)19/h2-4,10H,5-8H2,1H3,(H2,15,18,19). The number of likely N-dealkylation sites (tertiary alicyclic amines) is 1. The van der Waals surface area contributed by atoms with Crippen LogP contribution in [0.15, 0.2) is 22.7 Å². The highest BCUT2D eigenvalue weighted by atomic mass is 79.9. The number of carbonyl (C=O) groups excluding carboxylic acids is 1. The summed E-state index contributed by atoms with van der Waals surface area (Å²) in [6.07, 6.45) is 0.256. The first kappa shape index (κ1) is 15.5. The Labute approximate surface area is 127 Å². The van der Waals surface area contributed by atoms with Crippen molar-refractivity contribution in [1.29, 1.82) is 0 Å². The summed E-state index contributed by atoms with van der Waals surface area (Å²) in [5.41, 5.74) is 2.17. The van der Waals surface area contributed by atoms with E-state index in [-0.39, 0.29) is 24.0 Å². The SMILES string of the molecule is Cc1cc(Br)ccc1CN1CC(CS(N)(=O)=O)CC1=O. The van der Waals surface area contributed by atoms with Crippen molar-refractivity contribution in [2.45, 2.75) is 19.9 Å². The molecule has 0 saturated carbocycles. The quantitative estimate of drug-likeness (QED) is 0.880. The number of nitrogens with two attached hydrogens (primary N) is 1. The molecular weight excluding hydrogens is 344 g/mol. The number of nitrogens with zero attached hydrogens (tertiary/aromatic N) is 1. The zero-order valence-corrected chi connectivity index (χ0v) is 13.6. The smallest absolute Gasteiger partial charge is 0.223 e. The first-order chi connectivity index (χ1) is 9.24. The van der Waals surface area contributed by atoms with Gasteiger partial charge in [-0.15, -0.1) is 0 Å². The van der Waals surface area contributed by atoms with Crippen molar-refractivity contribution in [2.24, 2.45) is 11.1 Å². The van der Waals surface area contributed by atoms with E-state index in [1.807, 2.05) is 25.1 Å². The largest absolute Gasteiger partial charge is 0.338 e. The van der Waals surface area contributed by atoms with Crippen molar-refractivity contribution in [2.75, 3.05) is 12.3 Å². The minimum Gasteiger partial charge on any atom is -0.338 e. The maximum absolute atomic E-state index is 11.9. The maximum atomic E-state index is 11.9. The fourth-order valence-corrected chi connectivity index (χ4v) is 3.85. The molecule has 1 fully saturated rings. The third-order valence-corrected chi connectivity index (χ3v) is 4.86. The molecule has 110 valence electrons. The highest BCUT2D eigenvalue weighted by Gasteiger charge is 2.31. The summed E-state index contributed by atoms with van der Waals surface area (Å²) in [5.74, 6) is -0.344. The molecule has 0 spiro atoms. The Hall–Kier alpha value is -0.920. The molecule has 1 saturated heterocycles. The number of benzene rings is 1. The van der Waals surface area contributed by atoms with Gasteiger partial charge < -0.3 is 4.90 Å². The zero-order valence-electron chi connectivity index (χ0n) is 11.2. The number of halogens is 1. The predicted octanol–water partition coefficient (Wildman–Crippen LogP) is 1.39. The van der Waals surface area contributed by atoms with Crippen molar-refractivity contribution in [3.63, 3.8) is 0 Å². The van der Waals surface area contributed by atoms with Crippen LogP contribution in [0.25, 0.3) is 0 Å². The lowest BCUT2D eigenvalue weighted by Gasteiger charge is -2.18. The van der Waals surface area contributed by atoms with E-state index < -0.39 is 10.0 Å². The molecule has 1 aliphatic heterocycles. The first-order valence-corrected chi connectivity index (χ1v) is 8.79. The van der Waals surface area contributed by atoms with Gasteiger partial charge in [0.05, 0.1) is 5.75 Å². The normalized spacial score (nSPS) is 19.6. The molecule has 5 nitrogen and oxygen atoms in total. The summed E-state index contributed by atoms with van der Waals surface area (Å²) < 4.78 is 23.2. The Morgan fingerprint density at radius 3 is 2.75 bits per heavy atom. The zero-order chi connectivity index (χ0) is 14.9. The Morgan fingerprint density at radius 1 is 1.45 bits per heavy atom. The van der Waals surface area contributed by atoms with E-state index >= 15 is 0 Å². The predicted molar refractivity (Wildman–Crippen MR) is 80.4 cm³/mol. The number of carbonyl (C=O) groups is 1.